The van der Waals surface area contributed by atoms with Crippen molar-refractivity contribution in [3.63, 3.8) is 0 Å². The Kier molecular flexibility index (Phi) is 10.4. The fourth-order valence-electron chi connectivity index (χ4n) is 1.77. The van der Waals surface area contributed by atoms with E-state index in [1.165, 1.54) is 0 Å². The topological polar surface area (TPSA) is 98.1 Å². The summed E-state index contributed by atoms with van der Waals surface area (Å²) in [6, 6.07) is 9.72. The van der Waals surface area contributed by atoms with Gasteiger partial charge in [0.05, 0.1) is 6.16 Å². The van der Waals surface area contributed by atoms with Gasteiger partial charge in [0, 0.05) is 13.0 Å². The van der Waals surface area contributed by atoms with Crippen LogP contribution in [0.3, 0.4) is 0 Å². The number of aryl methyl sites for hydroxylation is 1. The molecule has 0 aliphatic heterocycles. The number of hydrogen-bond acceptors (Lipinski definition) is 3. The van der Waals surface area contributed by atoms with Crippen molar-refractivity contribution in [2.45, 2.75) is 25.7 Å². The average Bonchev–Trinajstić information content (AvgIpc) is 2.38. The summed E-state index contributed by atoms with van der Waals surface area (Å²) in [7, 11) is -4.06. The predicted molar refractivity (Wildman–Crippen MR) is 75.5 cm³/mol. The van der Waals surface area contributed by atoms with Gasteiger partial charge in [-0.1, -0.05) is 30.3 Å². The molecule has 1 aromatic rings. The second kappa shape index (κ2) is 10.5. The second-order valence-corrected chi connectivity index (χ2v) is 6.37. The molecular formula is C13H21NNaO5P. The van der Waals surface area contributed by atoms with Crippen molar-refractivity contribution in [2.24, 2.45) is 0 Å². The van der Waals surface area contributed by atoms with Crippen LogP contribution in [-0.4, -0.2) is 38.7 Å². The Morgan fingerprint density at radius 1 is 1.19 bits per heavy atom. The van der Waals surface area contributed by atoms with E-state index in [0.29, 0.717) is 11.5 Å². The minimum absolute atomic E-state index is 0. The van der Waals surface area contributed by atoms with Crippen molar-refractivity contribution < 1.29 is 55.3 Å². The molecule has 0 aliphatic carbocycles. The monoisotopic (exact) mass is 325 g/mol. The van der Waals surface area contributed by atoms with Crippen LogP contribution in [-0.2, 0) is 15.8 Å². The molecule has 1 amide bonds. The summed E-state index contributed by atoms with van der Waals surface area (Å²) in [5.41, 5.74) is 1.13. The van der Waals surface area contributed by atoms with Crippen LogP contribution in [0.5, 0.6) is 0 Å². The maximum absolute atomic E-state index is 11.6. The molecule has 0 unspecified atom stereocenters. The Bertz CT molecular complexity index is 471. The van der Waals surface area contributed by atoms with Crippen molar-refractivity contribution >= 4 is 13.5 Å². The van der Waals surface area contributed by atoms with Crippen LogP contribution in [0.2, 0.25) is 0 Å². The first kappa shape index (κ1) is 20.8. The number of nitrogens with zero attached hydrogens (tertiary/aromatic N) is 1. The Labute approximate surface area is 148 Å². The SMILES string of the molecule is O=C(CCCc1ccccc1)N(O)CCCP(=O)(O)O.[H-].[Na+]. The van der Waals surface area contributed by atoms with Crippen LogP contribution in [0.4, 0.5) is 0 Å². The van der Waals surface area contributed by atoms with E-state index in [2.05, 4.69) is 0 Å². The summed E-state index contributed by atoms with van der Waals surface area (Å²) in [6.45, 7) is -0.0602. The van der Waals surface area contributed by atoms with Crippen molar-refractivity contribution in [3.8, 4) is 0 Å². The molecule has 1 rings (SSSR count). The van der Waals surface area contributed by atoms with Gasteiger partial charge in [-0.3, -0.25) is 14.6 Å². The molecule has 0 saturated carbocycles. The van der Waals surface area contributed by atoms with Gasteiger partial charge in [-0.2, -0.15) is 0 Å². The van der Waals surface area contributed by atoms with Crippen molar-refractivity contribution in [1.29, 1.82) is 0 Å². The zero-order valence-corrected chi connectivity index (χ0v) is 15.1. The van der Waals surface area contributed by atoms with Crippen LogP contribution in [0.1, 0.15) is 26.3 Å². The minimum atomic E-state index is -4.06. The maximum atomic E-state index is 11.6. The van der Waals surface area contributed by atoms with E-state index in [-0.39, 0.29) is 56.5 Å². The molecule has 0 spiro atoms. The van der Waals surface area contributed by atoms with Gasteiger partial charge in [-0.25, -0.2) is 5.06 Å². The Hall–Kier alpha value is -0.200. The molecule has 0 radical (unpaired) electrons. The quantitative estimate of drug-likeness (QED) is 0.244. The molecule has 0 fully saturated rings. The van der Waals surface area contributed by atoms with Crippen LogP contribution >= 0.6 is 7.60 Å². The Balaban J connectivity index is 0. The maximum Gasteiger partial charge on any atom is 1.00 e. The normalized spacial score (nSPS) is 10.8. The molecule has 114 valence electrons. The third-order valence-corrected chi connectivity index (χ3v) is 3.70. The smallest absolute Gasteiger partial charge is 1.00 e. The first-order valence-corrected chi connectivity index (χ1v) is 8.26. The van der Waals surface area contributed by atoms with Crippen molar-refractivity contribution in [2.75, 3.05) is 12.7 Å². The summed E-state index contributed by atoms with van der Waals surface area (Å²) in [6.07, 6.45) is 1.33. The van der Waals surface area contributed by atoms with E-state index in [1.807, 2.05) is 30.3 Å². The van der Waals surface area contributed by atoms with Crippen LogP contribution in [0.15, 0.2) is 30.3 Å². The fraction of sp³-hybridized carbons (Fsp3) is 0.462. The predicted octanol–water partition coefficient (Wildman–Crippen LogP) is -1.09. The number of carbonyl (C=O) groups is 1. The van der Waals surface area contributed by atoms with Gasteiger partial charge >= 0.3 is 37.2 Å². The van der Waals surface area contributed by atoms with E-state index in [0.717, 1.165) is 12.0 Å². The molecule has 0 bridgehead atoms. The van der Waals surface area contributed by atoms with E-state index in [4.69, 9.17) is 9.79 Å². The molecule has 0 aromatic heterocycles. The standard InChI is InChI=1S/C13H20NO5P.Na.H/c15-13(14(16)10-5-11-20(17,18)19)9-4-8-12-6-2-1-3-7-12;;/h1-3,6-7,16H,4-5,8-11H2,(H2,17,18,19);;/q;+1;-1. The Morgan fingerprint density at radius 2 is 1.81 bits per heavy atom. The third kappa shape index (κ3) is 10.2. The molecule has 1 aromatic carbocycles. The number of rotatable bonds is 8. The van der Waals surface area contributed by atoms with Gasteiger partial charge in [0.25, 0.3) is 0 Å². The van der Waals surface area contributed by atoms with Crippen LogP contribution < -0.4 is 29.6 Å². The molecule has 0 saturated heterocycles. The van der Waals surface area contributed by atoms with Gasteiger partial charge in [-0.15, -0.1) is 0 Å². The minimum Gasteiger partial charge on any atom is -1.00 e. The zero-order chi connectivity index (χ0) is 15.0. The molecule has 0 atom stereocenters. The van der Waals surface area contributed by atoms with Gasteiger partial charge in [0.1, 0.15) is 0 Å². The third-order valence-electron chi connectivity index (χ3n) is 2.81. The fourth-order valence-corrected chi connectivity index (χ4v) is 2.32. The van der Waals surface area contributed by atoms with Gasteiger partial charge in [-0.05, 0) is 24.8 Å². The van der Waals surface area contributed by atoms with Crippen LogP contribution in [0.25, 0.3) is 0 Å². The average molecular weight is 325 g/mol. The molecule has 8 heteroatoms. The zero-order valence-electron chi connectivity index (χ0n) is 13.2. The summed E-state index contributed by atoms with van der Waals surface area (Å²) in [5.74, 6) is -0.424. The van der Waals surface area contributed by atoms with Crippen LogP contribution in [0, 0.1) is 0 Å². The molecule has 21 heavy (non-hydrogen) atoms. The summed E-state index contributed by atoms with van der Waals surface area (Å²) < 4.78 is 10.6. The number of benzene rings is 1. The van der Waals surface area contributed by atoms with E-state index in [9.17, 15) is 14.6 Å². The van der Waals surface area contributed by atoms with Crippen molar-refractivity contribution in [1.82, 2.24) is 5.06 Å². The first-order chi connectivity index (χ1) is 9.38. The first-order valence-electron chi connectivity index (χ1n) is 6.46. The van der Waals surface area contributed by atoms with Crippen molar-refractivity contribution in [3.05, 3.63) is 35.9 Å². The largest absolute Gasteiger partial charge is 1.00 e. The second-order valence-electron chi connectivity index (χ2n) is 4.60. The van der Waals surface area contributed by atoms with Gasteiger partial charge in [0.2, 0.25) is 5.91 Å². The summed E-state index contributed by atoms with van der Waals surface area (Å²) >= 11 is 0. The molecule has 6 nitrogen and oxygen atoms in total. The molecule has 0 heterocycles. The number of hydrogen-bond donors (Lipinski definition) is 3. The summed E-state index contributed by atoms with van der Waals surface area (Å²) in [5, 5.41) is 9.98. The number of amides is 1. The number of carbonyl (C=O) groups excluding carboxylic acids is 1. The van der Waals surface area contributed by atoms with E-state index >= 15 is 0 Å². The molecule has 0 aliphatic rings. The van der Waals surface area contributed by atoms with E-state index < -0.39 is 13.5 Å². The molecule has 3 N–H and O–H groups in total. The Morgan fingerprint density at radius 3 is 2.38 bits per heavy atom. The molecular weight excluding hydrogens is 304 g/mol. The number of hydroxylamine groups is 2. The van der Waals surface area contributed by atoms with Gasteiger partial charge in [0.15, 0.2) is 0 Å². The van der Waals surface area contributed by atoms with Gasteiger partial charge < -0.3 is 11.2 Å². The van der Waals surface area contributed by atoms with E-state index in [1.54, 1.807) is 0 Å². The summed E-state index contributed by atoms with van der Waals surface area (Å²) in [4.78, 5) is 28.9.